The summed E-state index contributed by atoms with van der Waals surface area (Å²) < 4.78 is 22.7. The van der Waals surface area contributed by atoms with E-state index in [4.69, 9.17) is 0 Å². The molecule has 0 fully saturated rings. The number of hydrogen-bond donors (Lipinski definition) is 0. The van der Waals surface area contributed by atoms with Crippen molar-refractivity contribution in [3.63, 3.8) is 0 Å². The molecule has 0 amide bonds. The van der Waals surface area contributed by atoms with Gasteiger partial charge in [-0.2, -0.15) is 0 Å². The van der Waals surface area contributed by atoms with Crippen molar-refractivity contribution in [3.8, 4) is 10.4 Å². The predicted octanol–water partition coefficient (Wildman–Crippen LogP) is 3.34. The SMILES string of the molecule is CC(C)c1ncc(-c2ccc(S(C)(=O)=O)cc2)s1. The van der Waals surface area contributed by atoms with Crippen molar-refractivity contribution in [3.05, 3.63) is 35.5 Å². The molecule has 96 valence electrons. The smallest absolute Gasteiger partial charge is 0.175 e. The molecule has 0 aliphatic carbocycles. The van der Waals surface area contributed by atoms with Gasteiger partial charge in [0.05, 0.1) is 14.8 Å². The summed E-state index contributed by atoms with van der Waals surface area (Å²) in [4.78, 5) is 5.78. The quantitative estimate of drug-likeness (QED) is 0.867. The molecule has 3 nitrogen and oxygen atoms in total. The first-order valence-corrected chi connectivity index (χ1v) is 8.35. The van der Waals surface area contributed by atoms with Gasteiger partial charge in [0.1, 0.15) is 0 Å². The number of rotatable bonds is 3. The highest BCUT2D eigenvalue weighted by molar-refractivity contribution is 7.90. The molecule has 1 heterocycles. The van der Waals surface area contributed by atoms with Gasteiger partial charge in [0.15, 0.2) is 9.84 Å². The molecule has 1 aromatic carbocycles. The van der Waals surface area contributed by atoms with E-state index in [2.05, 4.69) is 18.8 Å². The van der Waals surface area contributed by atoms with Crippen LogP contribution >= 0.6 is 11.3 Å². The van der Waals surface area contributed by atoms with E-state index in [1.807, 2.05) is 18.3 Å². The van der Waals surface area contributed by atoms with Gasteiger partial charge in [0, 0.05) is 18.4 Å². The zero-order chi connectivity index (χ0) is 13.3. The summed E-state index contributed by atoms with van der Waals surface area (Å²) in [6.07, 6.45) is 3.06. The molecule has 0 aliphatic heterocycles. The largest absolute Gasteiger partial charge is 0.249 e. The third-order valence-corrected chi connectivity index (χ3v) is 5.06. The molecule has 5 heteroatoms. The Hall–Kier alpha value is -1.20. The van der Waals surface area contributed by atoms with E-state index in [9.17, 15) is 8.42 Å². The van der Waals surface area contributed by atoms with Crippen molar-refractivity contribution in [1.82, 2.24) is 4.98 Å². The van der Waals surface area contributed by atoms with Crippen molar-refractivity contribution in [2.45, 2.75) is 24.7 Å². The van der Waals surface area contributed by atoms with Crippen molar-refractivity contribution in [1.29, 1.82) is 0 Å². The molecular formula is C13H15NO2S2. The minimum absolute atomic E-state index is 0.347. The summed E-state index contributed by atoms with van der Waals surface area (Å²) in [5.41, 5.74) is 1.01. The highest BCUT2D eigenvalue weighted by atomic mass is 32.2. The summed E-state index contributed by atoms with van der Waals surface area (Å²) in [6, 6.07) is 6.93. The minimum Gasteiger partial charge on any atom is -0.249 e. The summed E-state index contributed by atoms with van der Waals surface area (Å²) in [5, 5.41) is 1.09. The molecule has 0 bridgehead atoms. The maximum atomic E-state index is 11.4. The fourth-order valence-electron chi connectivity index (χ4n) is 1.55. The Morgan fingerprint density at radius 1 is 1.17 bits per heavy atom. The number of benzene rings is 1. The zero-order valence-electron chi connectivity index (χ0n) is 10.5. The van der Waals surface area contributed by atoms with Crippen LogP contribution in [0, 0.1) is 0 Å². The van der Waals surface area contributed by atoms with E-state index in [-0.39, 0.29) is 0 Å². The normalized spacial score (nSPS) is 12.0. The maximum absolute atomic E-state index is 11.4. The Labute approximate surface area is 111 Å². The Balaban J connectivity index is 2.34. The molecule has 2 rings (SSSR count). The maximum Gasteiger partial charge on any atom is 0.175 e. The van der Waals surface area contributed by atoms with Crippen LogP contribution in [-0.4, -0.2) is 19.7 Å². The van der Waals surface area contributed by atoms with Gasteiger partial charge in [0.2, 0.25) is 0 Å². The molecule has 0 saturated heterocycles. The Kier molecular flexibility index (Phi) is 3.54. The lowest BCUT2D eigenvalue weighted by atomic mass is 10.2. The second-order valence-corrected chi connectivity index (χ2v) is 7.59. The number of aromatic nitrogens is 1. The first kappa shape index (κ1) is 13.2. The molecule has 2 aromatic rings. The predicted molar refractivity (Wildman–Crippen MR) is 74.7 cm³/mol. The van der Waals surface area contributed by atoms with E-state index in [1.54, 1.807) is 23.5 Å². The first-order chi connectivity index (χ1) is 8.38. The average Bonchev–Trinajstić information content (AvgIpc) is 2.77. The van der Waals surface area contributed by atoms with Crippen LogP contribution in [0.2, 0.25) is 0 Å². The van der Waals surface area contributed by atoms with Crippen LogP contribution in [0.5, 0.6) is 0 Å². The number of sulfone groups is 1. The summed E-state index contributed by atoms with van der Waals surface area (Å²) in [5.74, 6) is 0.416. The van der Waals surface area contributed by atoms with E-state index in [0.29, 0.717) is 10.8 Å². The second kappa shape index (κ2) is 4.82. The van der Waals surface area contributed by atoms with Crippen LogP contribution in [0.15, 0.2) is 35.4 Å². The number of thiazole rings is 1. The molecule has 0 saturated carbocycles. The van der Waals surface area contributed by atoms with Crippen LogP contribution in [-0.2, 0) is 9.84 Å². The highest BCUT2D eigenvalue weighted by Crippen LogP contribution is 2.30. The highest BCUT2D eigenvalue weighted by Gasteiger charge is 2.10. The monoisotopic (exact) mass is 281 g/mol. The lowest BCUT2D eigenvalue weighted by Gasteiger charge is -2.00. The van der Waals surface area contributed by atoms with E-state index in [0.717, 1.165) is 15.4 Å². The van der Waals surface area contributed by atoms with E-state index in [1.165, 1.54) is 6.26 Å². The molecule has 0 N–H and O–H groups in total. The van der Waals surface area contributed by atoms with Crippen LogP contribution < -0.4 is 0 Å². The van der Waals surface area contributed by atoms with Crippen molar-refractivity contribution >= 4 is 21.2 Å². The van der Waals surface area contributed by atoms with Gasteiger partial charge in [-0.05, 0) is 17.7 Å². The molecule has 1 aromatic heterocycles. The zero-order valence-corrected chi connectivity index (χ0v) is 12.2. The lowest BCUT2D eigenvalue weighted by Crippen LogP contribution is -1.95. The van der Waals surface area contributed by atoms with Crippen molar-refractivity contribution in [2.75, 3.05) is 6.26 Å². The molecule has 0 spiro atoms. The van der Waals surface area contributed by atoms with E-state index >= 15 is 0 Å². The minimum atomic E-state index is -3.12. The topological polar surface area (TPSA) is 47.0 Å². The fourth-order valence-corrected chi connectivity index (χ4v) is 3.11. The number of hydrogen-bond acceptors (Lipinski definition) is 4. The Bertz CT molecular complexity index is 640. The Morgan fingerprint density at radius 2 is 1.78 bits per heavy atom. The standard InChI is InChI=1S/C13H15NO2S2/c1-9(2)13-14-8-12(17-13)10-4-6-11(7-5-10)18(3,15)16/h4-9H,1-3H3. The Morgan fingerprint density at radius 3 is 2.22 bits per heavy atom. The van der Waals surface area contributed by atoms with Gasteiger partial charge in [-0.3, -0.25) is 0 Å². The summed E-state index contributed by atoms with van der Waals surface area (Å²) >= 11 is 1.65. The lowest BCUT2D eigenvalue weighted by molar-refractivity contribution is 0.602. The third kappa shape index (κ3) is 2.79. The molecule has 0 radical (unpaired) electrons. The van der Waals surface area contributed by atoms with Gasteiger partial charge in [-0.25, -0.2) is 13.4 Å². The molecular weight excluding hydrogens is 266 g/mol. The molecule has 18 heavy (non-hydrogen) atoms. The number of nitrogens with zero attached hydrogens (tertiary/aromatic N) is 1. The van der Waals surface area contributed by atoms with Gasteiger partial charge < -0.3 is 0 Å². The average molecular weight is 281 g/mol. The van der Waals surface area contributed by atoms with E-state index < -0.39 is 9.84 Å². The van der Waals surface area contributed by atoms with Gasteiger partial charge in [-0.1, -0.05) is 26.0 Å². The van der Waals surface area contributed by atoms with Gasteiger partial charge >= 0.3 is 0 Å². The molecule has 0 aliphatic rings. The van der Waals surface area contributed by atoms with Crippen LogP contribution in [0.25, 0.3) is 10.4 Å². The molecule has 0 atom stereocenters. The summed E-state index contributed by atoms with van der Waals surface area (Å²) in [6.45, 7) is 4.21. The van der Waals surface area contributed by atoms with Crippen molar-refractivity contribution < 1.29 is 8.42 Å². The van der Waals surface area contributed by atoms with Crippen LogP contribution in [0.4, 0.5) is 0 Å². The van der Waals surface area contributed by atoms with Crippen molar-refractivity contribution in [2.24, 2.45) is 0 Å². The molecule has 0 unspecified atom stereocenters. The third-order valence-electron chi connectivity index (χ3n) is 2.58. The van der Waals surface area contributed by atoms with Gasteiger partial charge in [0.25, 0.3) is 0 Å². The van der Waals surface area contributed by atoms with Gasteiger partial charge in [-0.15, -0.1) is 11.3 Å². The van der Waals surface area contributed by atoms with Crippen LogP contribution in [0.3, 0.4) is 0 Å². The fraction of sp³-hybridized carbons (Fsp3) is 0.308. The van der Waals surface area contributed by atoms with Crippen LogP contribution in [0.1, 0.15) is 24.8 Å². The second-order valence-electron chi connectivity index (χ2n) is 4.51. The first-order valence-electron chi connectivity index (χ1n) is 5.64. The summed E-state index contributed by atoms with van der Waals surface area (Å²) in [7, 11) is -3.12.